The maximum Gasteiger partial charge on any atom is 0.412 e. The lowest BCUT2D eigenvalue weighted by atomic mass is 10.1. The minimum absolute atomic E-state index is 0.0650. The van der Waals surface area contributed by atoms with Crippen LogP contribution in [0.1, 0.15) is 33.6 Å². The molecule has 0 aliphatic carbocycles. The fraction of sp³-hybridized carbons (Fsp3) is 0.600. The first kappa shape index (κ1) is 14.8. The number of allylic oxidation sites excluding steroid dienone is 3. The second kappa shape index (κ2) is 7.90. The number of hydrogen-bond acceptors (Lipinski definition) is 0. The van der Waals surface area contributed by atoms with Crippen LogP contribution in [0.5, 0.6) is 0 Å². The molecule has 78 valence electrons. The van der Waals surface area contributed by atoms with Gasteiger partial charge < -0.3 is 0 Å². The number of alkyl halides is 3. The van der Waals surface area contributed by atoms with Crippen molar-refractivity contribution in [2.24, 2.45) is 0 Å². The zero-order valence-corrected chi connectivity index (χ0v) is 8.41. The molecule has 0 rings (SSSR count). The summed E-state index contributed by atoms with van der Waals surface area (Å²) in [6.45, 7) is 8.93. The van der Waals surface area contributed by atoms with Crippen LogP contribution in [0.25, 0.3) is 0 Å². The summed E-state index contributed by atoms with van der Waals surface area (Å²) in [5, 5.41) is 0. The van der Waals surface area contributed by atoms with Gasteiger partial charge in [-0.1, -0.05) is 45.9 Å². The summed E-state index contributed by atoms with van der Waals surface area (Å²) < 4.78 is 35.9. The monoisotopic (exact) mass is 194 g/mol. The van der Waals surface area contributed by atoms with E-state index in [1.165, 1.54) is 6.08 Å². The third kappa shape index (κ3) is 7.62. The molecular weight excluding hydrogens is 177 g/mol. The highest BCUT2D eigenvalue weighted by atomic mass is 19.4. The highest BCUT2D eigenvalue weighted by Crippen LogP contribution is 2.28. The summed E-state index contributed by atoms with van der Waals surface area (Å²) in [6.07, 6.45) is -1.44. The van der Waals surface area contributed by atoms with Crippen LogP contribution in [0.2, 0.25) is 0 Å². The highest BCUT2D eigenvalue weighted by Gasteiger charge is 2.31. The normalized spacial score (nSPS) is 11.7. The van der Waals surface area contributed by atoms with E-state index in [4.69, 9.17) is 0 Å². The minimum atomic E-state index is -4.19. The van der Waals surface area contributed by atoms with E-state index in [2.05, 4.69) is 6.58 Å². The van der Waals surface area contributed by atoms with Gasteiger partial charge in [0.25, 0.3) is 0 Å². The van der Waals surface area contributed by atoms with Crippen LogP contribution in [0, 0.1) is 0 Å². The third-order valence-electron chi connectivity index (χ3n) is 1.20. The molecular formula is C10H17F3. The summed E-state index contributed by atoms with van der Waals surface area (Å²) in [6, 6.07) is 0. The highest BCUT2D eigenvalue weighted by molar-refractivity contribution is 5.15. The van der Waals surface area contributed by atoms with Crippen LogP contribution in [0.15, 0.2) is 24.3 Å². The van der Waals surface area contributed by atoms with Gasteiger partial charge in [-0.2, -0.15) is 13.2 Å². The van der Waals surface area contributed by atoms with Crippen molar-refractivity contribution in [2.45, 2.75) is 39.8 Å². The molecule has 0 saturated heterocycles. The first-order valence-corrected chi connectivity index (χ1v) is 4.41. The summed E-state index contributed by atoms with van der Waals surface area (Å²) in [4.78, 5) is 0. The molecule has 0 bridgehead atoms. The van der Waals surface area contributed by atoms with Crippen molar-refractivity contribution in [3.05, 3.63) is 24.3 Å². The molecule has 0 atom stereocenters. The molecule has 0 saturated carbocycles. The van der Waals surface area contributed by atoms with Gasteiger partial charge in [0, 0.05) is 5.57 Å². The van der Waals surface area contributed by atoms with Gasteiger partial charge in [-0.3, -0.25) is 0 Å². The van der Waals surface area contributed by atoms with Crippen molar-refractivity contribution >= 4 is 0 Å². The molecule has 0 unspecified atom stereocenters. The first-order chi connectivity index (χ1) is 6.02. The smallest absolute Gasteiger partial charge is 0.166 e. The van der Waals surface area contributed by atoms with Gasteiger partial charge in [0.1, 0.15) is 0 Å². The molecule has 0 N–H and O–H groups in total. The van der Waals surface area contributed by atoms with Crippen molar-refractivity contribution < 1.29 is 13.2 Å². The van der Waals surface area contributed by atoms with E-state index < -0.39 is 11.7 Å². The Morgan fingerprint density at radius 3 is 2.00 bits per heavy atom. The summed E-state index contributed by atoms with van der Waals surface area (Å²) in [5.41, 5.74) is -0.505. The third-order valence-corrected chi connectivity index (χ3v) is 1.20. The van der Waals surface area contributed by atoms with Gasteiger partial charge >= 0.3 is 6.18 Å². The molecule has 13 heavy (non-hydrogen) atoms. The maximum atomic E-state index is 12.0. The Balaban J connectivity index is 0. The second-order valence-corrected chi connectivity index (χ2v) is 2.18. The summed E-state index contributed by atoms with van der Waals surface area (Å²) in [7, 11) is 0. The fourth-order valence-electron chi connectivity index (χ4n) is 0.731. The van der Waals surface area contributed by atoms with Crippen molar-refractivity contribution in [1.82, 2.24) is 0 Å². The fourth-order valence-corrected chi connectivity index (χ4v) is 0.731. The predicted molar refractivity (Wildman–Crippen MR) is 50.6 cm³/mol. The lowest BCUT2D eigenvalue weighted by Crippen LogP contribution is -2.11. The van der Waals surface area contributed by atoms with Crippen LogP contribution < -0.4 is 0 Å². The zero-order valence-electron chi connectivity index (χ0n) is 8.41. The zero-order chi connectivity index (χ0) is 10.9. The van der Waals surface area contributed by atoms with Crippen LogP contribution in [-0.2, 0) is 0 Å². The molecule has 0 spiro atoms. The Hall–Kier alpha value is -0.730. The van der Waals surface area contributed by atoms with Gasteiger partial charge in [-0.05, 0) is 6.42 Å². The minimum Gasteiger partial charge on any atom is -0.166 e. The van der Waals surface area contributed by atoms with Gasteiger partial charge in [-0.25, -0.2) is 0 Å². The van der Waals surface area contributed by atoms with E-state index in [0.29, 0.717) is 6.42 Å². The van der Waals surface area contributed by atoms with Gasteiger partial charge in [0.15, 0.2) is 0 Å². The molecule has 0 heterocycles. The molecule has 0 aliphatic heterocycles. The molecule has 0 amide bonds. The van der Waals surface area contributed by atoms with E-state index in [0.717, 1.165) is 6.08 Å². The Morgan fingerprint density at radius 2 is 1.77 bits per heavy atom. The Kier molecular flexibility index (Phi) is 8.97. The van der Waals surface area contributed by atoms with Crippen LogP contribution in [0.4, 0.5) is 13.2 Å². The summed E-state index contributed by atoms with van der Waals surface area (Å²) >= 11 is 0. The van der Waals surface area contributed by atoms with Crippen molar-refractivity contribution in [3.8, 4) is 0 Å². The number of hydrogen-bond donors (Lipinski definition) is 0. The topological polar surface area (TPSA) is 0 Å². The van der Waals surface area contributed by atoms with Gasteiger partial charge in [0.05, 0.1) is 0 Å². The number of rotatable bonds is 3. The van der Waals surface area contributed by atoms with Crippen molar-refractivity contribution in [2.75, 3.05) is 0 Å². The second-order valence-electron chi connectivity index (χ2n) is 2.18. The van der Waals surface area contributed by atoms with Gasteiger partial charge in [0.2, 0.25) is 0 Å². The van der Waals surface area contributed by atoms with Crippen molar-refractivity contribution in [3.63, 3.8) is 0 Å². The Morgan fingerprint density at radius 1 is 1.31 bits per heavy atom. The quantitative estimate of drug-likeness (QED) is 0.581. The standard InChI is InChI=1S/C8H11F3.C2H6/c1-3-5-7(6-4-2)8(9,10)11;1-2/h3,5H,1,4,6H2,2H3;1-2H3/b7-5+;. The SMILES string of the molecule is C=C/C=C(\CCC)C(F)(F)F.CC. The Labute approximate surface area is 78.1 Å². The molecule has 0 aromatic rings. The van der Waals surface area contributed by atoms with Crippen LogP contribution in [0.3, 0.4) is 0 Å². The van der Waals surface area contributed by atoms with Gasteiger partial charge in [-0.15, -0.1) is 0 Å². The van der Waals surface area contributed by atoms with E-state index in [1.807, 2.05) is 13.8 Å². The van der Waals surface area contributed by atoms with E-state index in [1.54, 1.807) is 6.92 Å². The predicted octanol–water partition coefficient (Wildman–Crippen LogP) is 4.49. The van der Waals surface area contributed by atoms with Crippen LogP contribution in [-0.4, -0.2) is 6.18 Å². The maximum absolute atomic E-state index is 12.0. The molecule has 0 aromatic carbocycles. The van der Waals surface area contributed by atoms with Crippen LogP contribution >= 0.6 is 0 Å². The number of halogens is 3. The largest absolute Gasteiger partial charge is 0.412 e. The molecule has 3 heteroatoms. The van der Waals surface area contributed by atoms with E-state index in [9.17, 15) is 13.2 Å². The molecule has 0 aromatic heterocycles. The molecule has 0 radical (unpaired) electrons. The summed E-state index contributed by atoms with van der Waals surface area (Å²) in [5.74, 6) is 0. The average Bonchev–Trinajstić information content (AvgIpc) is 2.06. The molecule has 0 fully saturated rings. The molecule has 0 aliphatic rings. The van der Waals surface area contributed by atoms with E-state index >= 15 is 0 Å². The van der Waals surface area contributed by atoms with Crippen molar-refractivity contribution in [1.29, 1.82) is 0 Å². The average molecular weight is 194 g/mol. The van der Waals surface area contributed by atoms with E-state index in [-0.39, 0.29) is 6.42 Å². The lowest BCUT2D eigenvalue weighted by Gasteiger charge is -2.08. The molecule has 0 nitrogen and oxygen atoms in total. The lowest BCUT2D eigenvalue weighted by molar-refractivity contribution is -0.0940. The Bertz CT molecular complexity index is 154. The first-order valence-electron chi connectivity index (χ1n) is 4.41.